The molecule has 2 amide bonds. The fourth-order valence-electron chi connectivity index (χ4n) is 3.59. The summed E-state index contributed by atoms with van der Waals surface area (Å²) < 4.78 is 5.31. The Morgan fingerprint density at radius 1 is 1.18 bits per heavy atom. The zero-order chi connectivity index (χ0) is 19.9. The molecule has 1 aliphatic heterocycles. The summed E-state index contributed by atoms with van der Waals surface area (Å²) in [4.78, 5) is 28.9. The number of carbonyl (C=O) groups excluding carboxylic acids is 2. The molecule has 3 rings (SSSR count). The predicted octanol–water partition coefficient (Wildman–Crippen LogP) is 2.79. The van der Waals surface area contributed by atoms with E-state index < -0.39 is 0 Å². The SMILES string of the molecule is CCN(CC)Cc1ccccc1CNC(=O)C1CC(=O)N(Cc2ccco2)C1. The van der Waals surface area contributed by atoms with E-state index in [1.807, 2.05) is 18.2 Å². The van der Waals surface area contributed by atoms with Crippen molar-refractivity contribution >= 4 is 11.8 Å². The minimum absolute atomic E-state index is 0.00140. The molecule has 1 aliphatic rings. The van der Waals surface area contributed by atoms with Crippen LogP contribution in [0.3, 0.4) is 0 Å². The van der Waals surface area contributed by atoms with Gasteiger partial charge in [-0.05, 0) is 36.3 Å². The Bertz CT molecular complexity index is 784. The smallest absolute Gasteiger partial charge is 0.225 e. The van der Waals surface area contributed by atoms with Gasteiger partial charge in [-0.15, -0.1) is 0 Å². The van der Waals surface area contributed by atoms with Crippen LogP contribution in [0, 0.1) is 5.92 Å². The number of likely N-dealkylation sites (tertiary alicyclic amines) is 1. The van der Waals surface area contributed by atoms with Gasteiger partial charge >= 0.3 is 0 Å². The number of carbonyl (C=O) groups is 2. The Morgan fingerprint density at radius 3 is 2.61 bits per heavy atom. The van der Waals surface area contributed by atoms with Crippen molar-refractivity contribution in [1.29, 1.82) is 0 Å². The Hall–Kier alpha value is -2.60. The monoisotopic (exact) mass is 383 g/mol. The Balaban J connectivity index is 1.55. The minimum Gasteiger partial charge on any atom is -0.467 e. The number of benzene rings is 1. The van der Waals surface area contributed by atoms with Crippen LogP contribution in [0.5, 0.6) is 0 Å². The number of nitrogens with zero attached hydrogens (tertiary/aromatic N) is 2. The molecular weight excluding hydrogens is 354 g/mol. The standard InChI is InChI=1S/C22H29N3O3/c1-3-24(4-2)14-18-9-6-5-8-17(18)13-23-22(27)19-12-21(26)25(15-19)16-20-10-7-11-28-20/h5-11,19H,3-4,12-16H2,1-2H3,(H,23,27). The van der Waals surface area contributed by atoms with Gasteiger partial charge in [-0.3, -0.25) is 14.5 Å². The third-order valence-corrected chi connectivity index (χ3v) is 5.37. The van der Waals surface area contributed by atoms with E-state index in [1.54, 1.807) is 17.2 Å². The van der Waals surface area contributed by atoms with Crippen LogP contribution in [0.2, 0.25) is 0 Å². The highest BCUT2D eigenvalue weighted by molar-refractivity contribution is 5.89. The molecule has 1 aromatic heterocycles. The third kappa shape index (κ3) is 5.01. The second-order valence-electron chi connectivity index (χ2n) is 7.20. The summed E-state index contributed by atoms with van der Waals surface area (Å²) in [6, 6.07) is 11.8. The Labute approximate surface area is 166 Å². The van der Waals surface area contributed by atoms with E-state index >= 15 is 0 Å². The van der Waals surface area contributed by atoms with Gasteiger partial charge in [0.05, 0.1) is 18.7 Å². The molecule has 0 aliphatic carbocycles. The Kier molecular flexibility index (Phi) is 6.87. The van der Waals surface area contributed by atoms with Crippen LogP contribution in [0.1, 0.15) is 37.2 Å². The van der Waals surface area contributed by atoms with Gasteiger partial charge in [0.25, 0.3) is 0 Å². The van der Waals surface area contributed by atoms with E-state index in [0.717, 1.165) is 31.0 Å². The number of amides is 2. The zero-order valence-corrected chi connectivity index (χ0v) is 16.7. The summed E-state index contributed by atoms with van der Waals surface area (Å²) in [7, 11) is 0. The summed E-state index contributed by atoms with van der Waals surface area (Å²) >= 11 is 0. The van der Waals surface area contributed by atoms with E-state index in [9.17, 15) is 9.59 Å². The van der Waals surface area contributed by atoms with Gasteiger partial charge in [0.1, 0.15) is 5.76 Å². The molecule has 2 aromatic rings. The fraction of sp³-hybridized carbons (Fsp3) is 0.455. The summed E-state index contributed by atoms with van der Waals surface area (Å²) in [5, 5.41) is 3.03. The molecule has 1 atom stereocenters. The van der Waals surface area contributed by atoms with Crippen molar-refractivity contribution in [3.63, 3.8) is 0 Å². The van der Waals surface area contributed by atoms with Gasteiger partial charge in [-0.1, -0.05) is 38.1 Å². The molecule has 1 saturated heterocycles. The van der Waals surface area contributed by atoms with Crippen LogP contribution in [0.4, 0.5) is 0 Å². The van der Waals surface area contributed by atoms with Crippen molar-refractivity contribution < 1.29 is 14.0 Å². The van der Waals surface area contributed by atoms with Crippen LogP contribution >= 0.6 is 0 Å². The maximum Gasteiger partial charge on any atom is 0.225 e. The Morgan fingerprint density at radius 2 is 1.93 bits per heavy atom. The first-order valence-electron chi connectivity index (χ1n) is 9.97. The first kappa shape index (κ1) is 20.1. The van der Waals surface area contributed by atoms with Crippen LogP contribution in [-0.4, -0.2) is 41.2 Å². The van der Waals surface area contributed by atoms with Crippen molar-refractivity contribution in [2.75, 3.05) is 19.6 Å². The van der Waals surface area contributed by atoms with Crippen molar-refractivity contribution in [3.05, 3.63) is 59.5 Å². The largest absolute Gasteiger partial charge is 0.467 e. The molecule has 0 bridgehead atoms. The molecule has 6 heteroatoms. The van der Waals surface area contributed by atoms with E-state index in [0.29, 0.717) is 19.6 Å². The third-order valence-electron chi connectivity index (χ3n) is 5.37. The molecule has 1 N–H and O–H groups in total. The van der Waals surface area contributed by atoms with Crippen LogP contribution in [-0.2, 0) is 29.2 Å². The number of nitrogens with one attached hydrogen (secondary N) is 1. The molecule has 6 nitrogen and oxygen atoms in total. The first-order chi connectivity index (χ1) is 13.6. The maximum absolute atomic E-state index is 12.6. The lowest BCUT2D eigenvalue weighted by molar-refractivity contribution is -0.129. The summed E-state index contributed by atoms with van der Waals surface area (Å²) in [6.45, 7) is 8.50. The average Bonchev–Trinajstić information content (AvgIpc) is 3.35. The number of hydrogen-bond donors (Lipinski definition) is 1. The first-order valence-corrected chi connectivity index (χ1v) is 9.97. The lowest BCUT2D eigenvalue weighted by Crippen LogP contribution is -2.33. The van der Waals surface area contributed by atoms with Crippen LogP contribution < -0.4 is 5.32 Å². The number of rotatable bonds is 9. The lowest BCUT2D eigenvalue weighted by atomic mass is 10.1. The number of furan rings is 1. The second-order valence-corrected chi connectivity index (χ2v) is 7.20. The predicted molar refractivity (Wildman–Crippen MR) is 107 cm³/mol. The van der Waals surface area contributed by atoms with Crippen molar-refractivity contribution in [2.45, 2.75) is 39.9 Å². The normalized spacial score (nSPS) is 16.8. The second kappa shape index (κ2) is 9.55. The van der Waals surface area contributed by atoms with E-state index in [2.05, 4.69) is 36.2 Å². The van der Waals surface area contributed by atoms with Gasteiger partial charge in [0.15, 0.2) is 0 Å². The van der Waals surface area contributed by atoms with Gasteiger partial charge < -0.3 is 14.6 Å². The highest BCUT2D eigenvalue weighted by Gasteiger charge is 2.34. The highest BCUT2D eigenvalue weighted by atomic mass is 16.3. The molecule has 28 heavy (non-hydrogen) atoms. The van der Waals surface area contributed by atoms with E-state index in [4.69, 9.17) is 4.42 Å². The van der Waals surface area contributed by atoms with Gasteiger partial charge in [0.2, 0.25) is 11.8 Å². The quantitative estimate of drug-likeness (QED) is 0.723. The lowest BCUT2D eigenvalue weighted by Gasteiger charge is -2.20. The molecular formula is C22H29N3O3. The van der Waals surface area contributed by atoms with Crippen molar-refractivity contribution in [2.24, 2.45) is 5.92 Å². The number of hydrogen-bond acceptors (Lipinski definition) is 4. The highest BCUT2D eigenvalue weighted by Crippen LogP contribution is 2.21. The zero-order valence-electron chi connectivity index (χ0n) is 16.7. The summed E-state index contributed by atoms with van der Waals surface area (Å²) in [5.41, 5.74) is 2.35. The molecule has 2 heterocycles. The van der Waals surface area contributed by atoms with Crippen LogP contribution in [0.25, 0.3) is 0 Å². The molecule has 1 aromatic carbocycles. The van der Waals surface area contributed by atoms with E-state index in [1.165, 1.54) is 5.56 Å². The summed E-state index contributed by atoms with van der Waals surface area (Å²) in [6.07, 6.45) is 1.85. The molecule has 1 unspecified atom stereocenters. The van der Waals surface area contributed by atoms with Gasteiger partial charge in [0, 0.05) is 26.1 Å². The summed E-state index contributed by atoms with van der Waals surface area (Å²) in [5.74, 6) is 0.364. The van der Waals surface area contributed by atoms with E-state index in [-0.39, 0.29) is 24.2 Å². The molecule has 150 valence electrons. The topological polar surface area (TPSA) is 65.8 Å². The average molecular weight is 383 g/mol. The molecule has 1 fully saturated rings. The molecule has 0 spiro atoms. The molecule has 0 radical (unpaired) electrons. The molecule has 0 saturated carbocycles. The van der Waals surface area contributed by atoms with Crippen molar-refractivity contribution in [3.8, 4) is 0 Å². The van der Waals surface area contributed by atoms with Gasteiger partial charge in [-0.25, -0.2) is 0 Å². The fourth-order valence-corrected chi connectivity index (χ4v) is 3.59. The minimum atomic E-state index is -0.308. The van der Waals surface area contributed by atoms with Crippen LogP contribution in [0.15, 0.2) is 47.1 Å². The van der Waals surface area contributed by atoms with Crippen molar-refractivity contribution in [1.82, 2.24) is 15.1 Å². The maximum atomic E-state index is 12.6. The van der Waals surface area contributed by atoms with Gasteiger partial charge in [-0.2, -0.15) is 0 Å².